The van der Waals surface area contributed by atoms with Gasteiger partial charge in [0.25, 0.3) is 11.8 Å². The molecule has 0 saturated carbocycles. The molecule has 274 valence electrons. The summed E-state index contributed by atoms with van der Waals surface area (Å²) in [6.07, 6.45) is -8.57. The van der Waals surface area contributed by atoms with E-state index in [-0.39, 0.29) is 34.3 Å². The number of carbonyl (C=O) groups is 8. The molecule has 0 aromatic carbocycles. The standard InChI is InChI=1S/C32H40N2O14S2/c1-11-43-31(41)21-13(3)15(5)49-29(21)33-27(39)25(47-19(9)37)23(45-17(7)35)24(46-18(8)36)26(48-20(10)38)28(40)34-30-22(32(42)44-12-2)14(4)16(6)50-30/h23-26H,11-12H2,1-10H3,(H,33,39)(H,34,40). The van der Waals surface area contributed by atoms with Crippen LogP contribution in [0.15, 0.2) is 0 Å². The minimum absolute atomic E-state index is 0.00424. The van der Waals surface area contributed by atoms with Gasteiger partial charge in [0.2, 0.25) is 12.2 Å². The molecule has 0 bridgehead atoms. The number of anilines is 2. The minimum atomic E-state index is -2.16. The first-order valence-corrected chi connectivity index (χ1v) is 16.8. The highest BCUT2D eigenvalue weighted by molar-refractivity contribution is 7.17. The monoisotopic (exact) mass is 740 g/mol. The van der Waals surface area contributed by atoms with Gasteiger partial charge in [-0.3, -0.25) is 28.8 Å². The lowest BCUT2D eigenvalue weighted by Gasteiger charge is -2.34. The highest BCUT2D eigenvalue weighted by Crippen LogP contribution is 2.35. The quantitative estimate of drug-likeness (QED) is 0.197. The molecule has 0 radical (unpaired) electrons. The molecule has 0 aliphatic carbocycles. The predicted octanol–water partition coefficient (Wildman–Crippen LogP) is 3.70. The van der Waals surface area contributed by atoms with E-state index in [2.05, 4.69) is 10.6 Å². The smallest absolute Gasteiger partial charge is 0.341 e. The first kappa shape index (κ1) is 41.3. The molecule has 4 atom stereocenters. The van der Waals surface area contributed by atoms with E-state index < -0.39 is 72.0 Å². The second-order valence-electron chi connectivity index (χ2n) is 10.6. The van der Waals surface area contributed by atoms with Crippen LogP contribution < -0.4 is 10.6 Å². The topological polar surface area (TPSA) is 216 Å². The van der Waals surface area contributed by atoms with E-state index in [1.807, 2.05) is 0 Å². The van der Waals surface area contributed by atoms with Gasteiger partial charge in [0.15, 0.2) is 12.2 Å². The number of carbonyl (C=O) groups excluding carboxylic acids is 8. The van der Waals surface area contributed by atoms with Gasteiger partial charge in [-0.2, -0.15) is 0 Å². The van der Waals surface area contributed by atoms with Crippen LogP contribution in [0.25, 0.3) is 0 Å². The molecule has 0 fully saturated rings. The maximum absolute atomic E-state index is 13.9. The van der Waals surface area contributed by atoms with Crippen molar-refractivity contribution in [2.45, 2.75) is 93.7 Å². The molecule has 0 aliphatic rings. The Kier molecular flexibility index (Phi) is 15.1. The molecule has 0 saturated heterocycles. The SMILES string of the molecule is CCOC(=O)c1c(NC(=O)C(OC(C)=O)C(OC(C)=O)C(OC(C)=O)C(OC(C)=O)C(=O)Nc2sc(C)c(C)c2C(=O)OCC)sc(C)c1C. The first-order chi connectivity index (χ1) is 23.3. The summed E-state index contributed by atoms with van der Waals surface area (Å²) in [7, 11) is 0. The molecule has 2 N–H and O–H groups in total. The van der Waals surface area contributed by atoms with Gasteiger partial charge < -0.3 is 39.1 Å². The second kappa shape index (κ2) is 18.2. The summed E-state index contributed by atoms with van der Waals surface area (Å²) < 4.78 is 31.6. The van der Waals surface area contributed by atoms with E-state index in [1.54, 1.807) is 41.5 Å². The zero-order valence-electron chi connectivity index (χ0n) is 29.3. The predicted molar refractivity (Wildman–Crippen MR) is 179 cm³/mol. The van der Waals surface area contributed by atoms with Crippen molar-refractivity contribution in [3.05, 3.63) is 32.0 Å². The molecule has 50 heavy (non-hydrogen) atoms. The summed E-state index contributed by atoms with van der Waals surface area (Å²) in [6, 6.07) is 0. The molecule has 18 heteroatoms. The normalized spacial score (nSPS) is 13.1. The number of rotatable bonds is 15. The molecule has 4 unspecified atom stereocenters. The third-order valence-electron chi connectivity index (χ3n) is 6.83. The Hall–Kier alpha value is -4.84. The third kappa shape index (κ3) is 10.6. The van der Waals surface area contributed by atoms with Crippen molar-refractivity contribution in [3.8, 4) is 0 Å². The van der Waals surface area contributed by atoms with E-state index in [0.717, 1.165) is 50.4 Å². The van der Waals surface area contributed by atoms with Gasteiger partial charge in [0, 0.05) is 37.4 Å². The number of hydrogen-bond donors (Lipinski definition) is 2. The van der Waals surface area contributed by atoms with Crippen molar-refractivity contribution in [2.24, 2.45) is 0 Å². The highest BCUT2D eigenvalue weighted by Gasteiger charge is 2.49. The average molecular weight is 741 g/mol. The fraction of sp³-hybridized carbons (Fsp3) is 0.500. The number of ether oxygens (including phenoxy) is 6. The van der Waals surface area contributed by atoms with E-state index in [4.69, 9.17) is 28.4 Å². The van der Waals surface area contributed by atoms with Crippen LogP contribution >= 0.6 is 22.7 Å². The van der Waals surface area contributed by atoms with Crippen molar-refractivity contribution in [3.63, 3.8) is 0 Å². The van der Waals surface area contributed by atoms with Gasteiger partial charge >= 0.3 is 35.8 Å². The molecule has 2 heterocycles. The summed E-state index contributed by atoms with van der Waals surface area (Å²) in [5, 5.41) is 4.95. The fourth-order valence-corrected chi connectivity index (χ4v) is 6.68. The number of thiophene rings is 2. The maximum atomic E-state index is 13.9. The van der Waals surface area contributed by atoms with Crippen LogP contribution in [0, 0.1) is 27.7 Å². The zero-order chi connectivity index (χ0) is 38.0. The van der Waals surface area contributed by atoms with Crippen LogP contribution in [-0.2, 0) is 57.2 Å². The molecule has 2 amide bonds. The summed E-state index contributed by atoms with van der Waals surface area (Å²) >= 11 is 2.00. The van der Waals surface area contributed by atoms with E-state index in [1.165, 1.54) is 0 Å². The Morgan fingerprint density at radius 1 is 0.540 bits per heavy atom. The van der Waals surface area contributed by atoms with Crippen LogP contribution in [0.2, 0.25) is 0 Å². The number of hydrogen-bond acceptors (Lipinski definition) is 16. The van der Waals surface area contributed by atoms with Gasteiger partial charge in [-0.25, -0.2) is 9.59 Å². The Balaban J connectivity index is 2.74. The number of amides is 2. The van der Waals surface area contributed by atoms with E-state index in [0.29, 0.717) is 20.9 Å². The van der Waals surface area contributed by atoms with Crippen molar-refractivity contribution >= 4 is 80.3 Å². The molecular formula is C32H40N2O14S2. The molecule has 2 aromatic heterocycles. The Labute approximate surface area is 296 Å². The lowest BCUT2D eigenvalue weighted by atomic mass is 10.00. The van der Waals surface area contributed by atoms with Crippen LogP contribution in [0.4, 0.5) is 10.0 Å². The Morgan fingerprint density at radius 3 is 1.10 bits per heavy atom. The minimum Gasteiger partial charge on any atom is -0.462 e. The van der Waals surface area contributed by atoms with Crippen molar-refractivity contribution in [2.75, 3.05) is 23.8 Å². The number of esters is 6. The van der Waals surface area contributed by atoms with Gasteiger partial charge in [0.1, 0.15) is 10.0 Å². The van der Waals surface area contributed by atoms with Crippen LogP contribution in [0.5, 0.6) is 0 Å². The lowest BCUT2D eigenvalue weighted by Crippen LogP contribution is -2.57. The summed E-state index contributed by atoms with van der Waals surface area (Å²) in [4.78, 5) is 104. The molecule has 0 aliphatic heterocycles. The molecule has 0 spiro atoms. The van der Waals surface area contributed by atoms with Crippen LogP contribution in [-0.4, -0.2) is 85.3 Å². The number of aryl methyl sites for hydroxylation is 2. The Bertz CT molecular complexity index is 1540. The highest BCUT2D eigenvalue weighted by atomic mass is 32.1. The third-order valence-corrected chi connectivity index (χ3v) is 9.08. The van der Waals surface area contributed by atoms with Gasteiger partial charge in [0.05, 0.1) is 24.3 Å². The Morgan fingerprint density at radius 2 is 0.840 bits per heavy atom. The van der Waals surface area contributed by atoms with Gasteiger partial charge in [-0.15, -0.1) is 22.7 Å². The summed E-state index contributed by atoms with van der Waals surface area (Å²) in [5.41, 5.74) is 1.02. The summed E-state index contributed by atoms with van der Waals surface area (Å²) in [6.45, 7) is 13.6. The van der Waals surface area contributed by atoms with Gasteiger partial charge in [-0.05, 0) is 52.7 Å². The zero-order valence-corrected chi connectivity index (χ0v) is 30.9. The maximum Gasteiger partial charge on any atom is 0.341 e. The molecule has 2 rings (SSSR count). The molecule has 2 aromatic rings. The van der Waals surface area contributed by atoms with Gasteiger partial charge in [-0.1, -0.05) is 0 Å². The van der Waals surface area contributed by atoms with Crippen LogP contribution in [0.3, 0.4) is 0 Å². The first-order valence-electron chi connectivity index (χ1n) is 15.2. The van der Waals surface area contributed by atoms with E-state index in [9.17, 15) is 38.4 Å². The van der Waals surface area contributed by atoms with Crippen molar-refractivity contribution in [1.29, 1.82) is 0 Å². The van der Waals surface area contributed by atoms with Crippen LogP contribution in [0.1, 0.15) is 83.1 Å². The molecular weight excluding hydrogens is 700 g/mol. The fourth-order valence-electron chi connectivity index (χ4n) is 4.58. The van der Waals surface area contributed by atoms with E-state index >= 15 is 0 Å². The lowest BCUT2D eigenvalue weighted by molar-refractivity contribution is -0.198. The average Bonchev–Trinajstić information content (AvgIpc) is 3.44. The van der Waals surface area contributed by atoms with Crippen molar-refractivity contribution in [1.82, 2.24) is 0 Å². The summed E-state index contributed by atoms with van der Waals surface area (Å²) in [5.74, 6) is -8.15. The van der Waals surface area contributed by atoms with Crippen molar-refractivity contribution < 1.29 is 66.8 Å². The number of nitrogens with one attached hydrogen (secondary N) is 2. The molecule has 16 nitrogen and oxygen atoms in total. The second-order valence-corrected chi connectivity index (χ2v) is 13.1. The largest absolute Gasteiger partial charge is 0.462 e.